The molecule has 0 bridgehead atoms. The summed E-state index contributed by atoms with van der Waals surface area (Å²) >= 11 is 0. The van der Waals surface area contributed by atoms with Gasteiger partial charge in [-0.2, -0.15) is 4.31 Å². The summed E-state index contributed by atoms with van der Waals surface area (Å²) in [6.45, 7) is 1.09. The Morgan fingerprint density at radius 1 is 1.16 bits per heavy atom. The Kier molecular flexibility index (Phi) is 7.50. The summed E-state index contributed by atoms with van der Waals surface area (Å²) in [7, 11) is -0.530. The maximum Gasteiger partial charge on any atom is 0.243 e. The summed E-state index contributed by atoms with van der Waals surface area (Å²) in [5.41, 5.74) is 0. The van der Waals surface area contributed by atoms with Crippen molar-refractivity contribution in [3.63, 3.8) is 0 Å². The number of rotatable bonds is 8. The topological polar surface area (TPSA) is 76.2 Å². The van der Waals surface area contributed by atoms with Crippen molar-refractivity contribution >= 4 is 15.9 Å². The van der Waals surface area contributed by atoms with Crippen molar-refractivity contribution in [2.75, 3.05) is 40.4 Å². The van der Waals surface area contributed by atoms with E-state index in [-0.39, 0.29) is 24.0 Å². The van der Waals surface area contributed by atoms with E-state index in [0.717, 1.165) is 12.1 Å². The van der Waals surface area contributed by atoms with Crippen molar-refractivity contribution in [3.05, 3.63) is 54.3 Å². The smallest absolute Gasteiger partial charge is 0.243 e. The van der Waals surface area contributed by atoms with Crippen LogP contribution < -0.4 is 9.47 Å². The maximum absolute atomic E-state index is 13.2. The van der Waals surface area contributed by atoms with Gasteiger partial charge in [-0.25, -0.2) is 12.8 Å². The molecular weight excluding hydrogens is 423 g/mol. The zero-order valence-corrected chi connectivity index (χ0v) is 18.5. The number of methoxy groups -OCH3 is 1. The van der Waals surface area contributed by atoms with Crippen LogP contribution in [0.1, 0.15) is 12.8 Å². The van der Waals surface area contributed by atoms with Gasteiger partial charge in [0.1, 0.15) is 12.4 Å². The highest BCUT2D eigenvalue weighted by atomic mass is 32.2. The van der Waals surface area contributed by atoms with Crippen LogP contribution in [0.15, 0.2) is 53.4 Å². The van der Waals surface area contributed by atoms with Gasteiger partial charge in [0.2, 0.25) is 15.9 Å². The lowest BCUT2D eigenvalue weighted by atomic mass is 9.98. The second-order valence-corrected chi connectivity index (χ2v) is 9.35. The van der Waals surface area contributed by atoms with Crippen LogP contribution in [-0.4, -0.2) is 63.9 Å². The number of nitrogens with zero attached hydrogens (tertiary/aromatic N) is 2. The Labute approximate surface area is 182 Å². The van der Waals surface area contributed by atoms with E-state index < -0.39 is 21.8 Å². The number of benzene rings is 2. The molecule has 2 aromatic carbocycles. The maximum atomic E-state index is 13.2. The molecule has 7 nitrogen and oxygen atoms in total. The van der Waals surface area contributed by atoms with E-state index in [4.69, 9.17) is 9.47 Å². The average Bonchev–Trinajstić information content (AvgIpc) is 2.79. The number of carbonyl (C=O) groups is 1. The van der Waals surface area contributed by atoms with Gasteiger partial charge in [-0.15, -0.1) is 0 Å². The normalized spacial score (nSPS) is 17.2. The van der Waals surface area contributed by atoms with E-state index in [1.165, 1.54) is 16.4 Å². The third kappa shape index (κ3) is 5.54. The lowest BCUT2D eigenvalue weighted by molar-refractivity contribution is -0.135. The largest absolute Gasteiger partial charge is 0.493 e. The van der Waals surface area contributed by atoms with Crippen LogP contribution in [0.25, 0.3) is 0 Å². The van der Waals surface area contributed by atoms with E-state index in [1.807, 2.05) is 12.1 Å². The van der Waals surface area contributed by atoms with Crippen LogP contribution in [0.5, 0.6) is 11.5 Å². The van der Waals surface area contributed by atoms with Gasteiger partial charge in [0.05, 0.1) is 24.5 Å². The van der Waals surface area contributed by atoms with Crippen molar-refractivity contribution < 1.29 is 27.1 Å². The lowest BCUT2D eigenvalue weighted by Crippen LogP contribution is -2.46. The summed E-state index contributed by atoms with van der Waals surface area (Å²) in [4.78, 5) is 14.5. The van der Waals surface area contributed by atoms with Gasteiger partial charge in [-0.05, 0) is 49.2 Å². The molecule has 0 aromatic heterocycles. The predicted octanol–water partition coefficient (Wildman–Crippen LogP) is 2.77. The first-order valence-electron chi connectivity index (χ1n) is 10.1. The zero-order valence-electron chi connectivity index (χ0n) is 17.7. The molecule has 3 rings (SSSR count). The van der Waals surface area contributed by atoms with Gasteiger partial charge in [0.15, 0.2) is 11.5 Å². The molecule has 0 aliphatic carbocycles. The summed E-state index contributed by atoms with van der Waals surface area (Å²) in [6.07, 6.45) is 1.20. The molecule has 0 saturated carbocycles. The molecule has 1 saturated heterocycles. The quantitative estimate of drug-likeness (QED) is 0.618. The molecular formula is C22H27FN2O5S. The monoisotopic (exact) mass is 450 g/mol. The first-order valence-corrected chi connectivity index (χ1v) is 11.5. The van der Waals surface area contributed by atoms with Gasteiger partial charge in [-0.3, -0.25) is 4.79 Å². The van der Waals surface area contributed by atoms with Crippen LogP contribution in [0.4, 0.5) is 4.39 Å². The van der Waals surface area contributed by atoms with Gasteiger partial charge in [-0.1, -0.05) is 12.1 Å². The molecule has 1 aliphatic heterocycles. The highest BCUT2D eigenvalue weighted by Crippen LogP contribution is 2.27. The number of piperidine rings is 1. The molecule has 0 N–H and O–H groups in total. The average molecular weight is 451 g/mol. The molecule has 0 spiro atoms. The first kappa shape index (κ1) is 23.0. The minimum Gasteiger partial charge on any atom is -0.493 e. The summed E-state index contributed by atoms with van der Waals surface area (Å²) in [5, 5.41) is 0. The zero-order chi connectivity index (χ0) is 22.4. The summed E-state index contributed by atoms with van der Waals surface area (Å²) < 4.78 is 51.2. The minimum absolute atomic E-state index is 0.0283. The highest BCUT2D eigenvalue weighted by Gasteiger charge is 2.34. The number of hydrogen-bond acceptors (Lipinski definition) is 5. The van der Waals surface area contributed by atoms with Crippen LogP contribution in [-0.2, 0) is 14.8 Å². The second-order valence-electron chi connectivity index (χ2n) is 7.42. The fourth-order valence-corrected chi connectivity index (χ4v) is 5.09. The number of hydrogen-bond donors (Lipinski definition) is 0. The number of carbonyl (C=O) groups excluding carboxylic acids is 1. The van der Waals surface area contributed by atoms with Crippen LogP contribution >= 0.6 is 0 Å². The fraction of sp³-hybridized carbons (Fsp3) is 0.409. The van der Waals surface area contributed by atoms with E-state index in [9.17, 15) is 17.6 Å². The third-order valence-corrected chi connectivity index (χ3v) is 7.19. The molecule has 1 amide bonds. The van der Waals surface area contributed by atoms with E-state index in [1.54, 1.807) is 31.2 Å². The van der Waals surface area contributed by atoms with Crippen LogP contribution in [0.3, 0.4) is 0 Å². The molecule has 1 atom stereocenters. The van der Waals surface area contributed by atoms with Gasteiger partial charge in [0, 0.05) is 20.1 Å². The molecule has 1 fully saturated rings. The van der Waals surface area contributed by atoms with Crippen LogP contribution in [0.2, 0.25) is 0 Å². The molecule has 2 aromatic rings. The van der Waals surface area contributed by atoms with E-state index in [0.29, 0.717) is 37.4 Å². The SMILES string of the molecule is COc1ccccc1OCCN(C)C(=O)C1CCCN(S(=O)(=O)c2ccc(F)cc2)C1. The molecule has 0 radical (unpaired) electrons. The Morgan fingerprint density at radius 3 is 2.52 bits per heavy atom. The number of sulfonamides is 1. The molecule has 168 valence electrons. The Bertz CT molecular complexity index is 997. The van der Waals surface area contributed by atoms with Crippen molar-refractivity contribution in [1.82, 2.24) is 9.21 Å². The number of halogens is 1. The van der Waals surface area contributed by atoms with Crippen molar-refractivity contribution in [2.45, 2.75) is 17.7 Å². The van der Waals surface area contributed by atoms with Gasteiger partial charge in [0.25, 0.3) is 0 Å². The molecule has 9 heteroatoms. The summed E-state index contributed by atoms with van der Waals surface area (Å²) in [5.74, 6) is 0.163. The molecule has 1 unspecified atom stereocenters. The van der Waals surface area contributed by atoms with Gasteiger partial charge >= 0.3 is 0 Å². The third-order valence-electron chi connectivity index (χ3n) is 5.31. The number of likely N-dealkylation sites (N-methyl/N-ethyl adjacent to an activating group) is 1. The Balaban J connectivity index is 1.57. The van der Waals surface area contributed by atoms with Crippen molar-refractivity contribution in [3.8, 4) is 11.5 Å². The fourth-order valence-electron chi connectivity index (χ4n) is 3.57. The number of para-hydroxylation sites is 2. The molecule has 31 heavy (non-hydrogen) atoms. The van der Waals surface area contributed by atoms with Crippen molar-refractivity contribution in [2.24, 2.45) is 5.92 Å². The van der Waals surface area contributed by atoms with Crippen LogP contribution in [0, 0.1) is 11.7 Å². The molecule has 1 heterocycles. The standard InChI is InChI=1S/C22H27FN2O5S/c1-24(14-15-30-21-8-4-3-7-20(21)29-2)22(26)17-6-5-13-25(16-17)31(27,28)19-11-9-18(23)10-12-19/h3-4,7-12,17H,5-6,13-16H2,1-2H3. The highest BCUT2D eigenvalue weighted by molar-refractivity contribution is 7.89. The molecule has 1 aliphatic rings. The Hall–Kier alpha value is -2.65. The lowest BCUT2D eigenvalue weighted by Gasteiger charge is -2.33. The van der Waals surface area contributed by atoms with E-state index in [2.05, 4.69) is 0 Å². The number of ether oxygens (including phenoxy) is 2. The Morgan fingerprint density at radius 2 is 1.84 bits per heavy atom. The first-order chi connectivity index (χ1) is 14.8. The number of amides is 1. The van der Waals surface area contributed by atoms with Crippen molar-refractivity contribution in [1.29, 1.82) is 0 Å². The predicted molar refractivity (Wildman–Crippen MR) is 114 cm³/mol. The summed E-state index contributed by atoms with van der Waals surface area (Å²) in [6, 6.07) is 12.0. The minimum atomic E-state index is -3.77. The second kappa shape index (κ2) is 10.1. The van der Waals surface area contributed by atoms with E-state index >= 15 is 0 Å². The van der Waals surface area contributed by atoms with Gasteiger partial charge < -0.3 is 14.4 Å².